The van der Waals surface area contributed by atoms with Crippen molar-refractivity contribution < 1.29 is 9.47 Å². The normalized spacial score (nSPS) is 20.5. The first-order valence-electron chi connectivity index (χ1n) is 6.98. The highest BCUT2D eigenvalue weighted by Crippen LogP contribution is 2.28. The fraction of sp³-hybridized carbons (Fsp3) is 0.600. The summed E-state index contributed by atoms with van der Waals surface area (Å²) in [6, 6.07) is 6.28. The summed E-state index contributed by atoms with van der Waals surface area (Å²) in [5, 5.41) is 4.03. The number of benzene rings is 1. The van der Waals surface area contributed by atoms with Crippen LogP contribution in [0.15, 0.2) is 18.2 Å². The van der Waals surface area contributed by atoms with E-state index in [4.69, 9.17) is 21.1 Å². The molecule has 2 atom stereocenters. The van der Waals surface area contributed by atoms with Crippen LogP contribution in [-0.2, 0) is 4.74 Å². The Labute approximate surface area is 120 Å². The van der Waals surface area contributed by atoms with Gasteiger partial charge in [-0.3, -0.25) is 0 Å². The number of hydrogen-bond acceptors (Lipinski definition) is 3. The largest absolute Gasteiger partial charge is 0.489 e. The van der Waals surface area contributed by atoms with Crippen molar-refractivity contribution in [1.82, 2.24) is 5.32 Å². The van der Waals surface area contributed by atoms with Crippen LogP contribution < -0.4 is 10.1 Å². The lowest BCUT2D eigenvalue weighted by molar-refractivity contribution is 0.0680. The molecule has 4 heteroatoms. The minimum absolute atomic E-state index is 0.219. The Kier molecular flexibility index (Phi) is 5.49. The lowest BCUT2D eigenvalue weighted by Gasteiger charge is -2.16. The average molecular weight is 284 g/mol. The van der Waals surface area contributed by atoms with Crippen LogP contribution in [0.5, 0.6) is 5.75 Å². The van der Waals surface area contributed by atoms with E-state index < -0.39 is 0 Å². The zero-order chi connectivity index (χ0) is 13.7. The van der Waals surface area contributed by atoms with Gasteiger partial charge < -0.3 is 14.8 Å². The van der Waals surface area contributed by atoms with Gasteiger partial charge >= 0.3 is 0 Å². The highest BCUT2D eigenvalue weighted by atomic mass is 35.5. The Hall–Kier alpha value is -0.770. The standard InChI is InChI=1S/C15H22ClNO2/c1-3-17-11(2)12-6-7-15(14(16)9-12)19-10-13-5-4-8-18-13/h6-7,9,11,13,17H,3-5,8,10H2,1-2H3. The van der Waals surface area contributed by atoms with Crippen molar-refractivity contribution in [3.05, 3.63) is 28.8 Å². The van der Waals surface area contributed by atoms with Crippen LogP contribution in [0, 0.1) is 0 Å². The van der Waals surface area contributed by atoms with E-state index in [9.17, 15) is 0 Å². The average Bonchev–Trinajstić information content (AvgIpc) is 2.90. The molecular formula is C15H22ClNO2. The van der Waals surface area contributed by atoms with Gasteiger partial charge in [0.15, 0.2) is 0 Å². The van der Waals surface area contributed by atoms with E-state index in [1.807, 2.05) is 12.1 Å². The van der Waals surface area contributed by atoms with E-state index in [-0.39, 0.29) is 6.10 Å². The molecule has 19 heavy (non-hydrogen) atoms. The summed E-state index contributed by atoms with van der Waals surface area (Å²) < 4.78 is 11.3. The molecule has 1 fully saturated rings. The van der Waals surface area contributed by atoms with Crippen LogP contribution in [0.3, 0.4) is 0 Å². The minimum Gasteiger partial charge on any atom is -0.489 e. The summed E-state index contributed by atoms with van der Waals surface area (Å²) in [5.41, 5.74) is 1.18. The Morgan fingerprint density at radius 1 is 1.53 bits per heavy atom. The fourth-order valence-electron chi connectivity index (χ4n) is 2.29. The van der Waals surface area contributed by atoms with Crippen LogP contribution in [0.4, 0.5) is 0 Å². The molecule has 0 radical (unpaired) electrons. The lowest BCUT2D eigenvalue weighted by atomic mass is 10.1. The molecule has 2 rings (SSSR count). The smallest absolute Gasteiger partial charge is 0.138 e. The van der Waals surface area contributed by atoms with Gasteiger partial charge in [0.25, 0.3) is 0 Å². The van der Waals surface area contributed by atoms with Gasteiger partial charge in [0.1, 0.15) is 12.4 Å². The number of halogens is 1. The maximum atomic E-state index is 6.27. The molecule has 1 aromatic rings. The van der Waals surface area contributed by atoms with Crippen molar-refractivity contribution in [2.75, 3.05) is 19.8 Å². The first kappa shape index (κ1) is 14.6. The van der Waals surface area contributed by atoms with Crippen LogP contribution in [-0.4, -0.2) is 25.9 Å². The van der Waals surface area contributed by atoms with Crippen molar-refractivity contribution >= 4 is 11.6 Å². The molecule has 106 valence electrons. The monoisotopic (exact) mass is 283 g/mol. The molecule has 2 unspecified atom stereocenters. The number of ether oxygens (including phenoxy) is 2. The quantitative estimate of drug-likeness (QED) is 0.866. The van der Waals surface area contributed by atoms with Gasteiger partial charge in [-0.1, -0.05) is 24.6 Å². The van der Waals surface area contributed by atoms with E-state index in [0.717, 1.165) is 31.7 Å². The van der Waals surface area contributed by atoms with E-state index in [1.54, 1.807) is 0 Å². The maximum absolute atomic E-state index is 6.27. The van der Waals surface area contributed by atoms with Gasteiger partial charge in [-0.25, -0.2) is 0 Å². The molecule has 1 aliphatic heterocycles. The van der Waals surface area contributed by atoms with E-state index in [2.05, 4.69) is 25.2 Å². The van der Waals surface area contributed by atoms with Crippen LogP contribution in [0.2, 0.25) is 5.02 Å². The maximum Gasteiger partial charge on any atom is 0.138 e. The number of nitrogens with one attached hydrogen (secondary N) is 1. The highest BCUT2D eigenvalue weighted by Gasteiger charge is 2.17. The summed E-state index contributed by atoms with van der Waals surface area (Å²) in [5.74, 6) is 0.740. The molecule has 0 saturated carbocycles. The minimum atomic E-state index is 0.219. The second-order valence-corrected chi connectivity index (χ2v) is 5.32. The third-order valence-corrected chi connectivity index (χ3v) is 3.71. The van der Waals surface area contributed by atoms with Crippen molar-refractivity contribution in [3.63, 3.8) is 0 Å². The SMILES string of the molecule is CCNC(C)c1ccc(OCC2CCCO2)c(Cl)c1. The number of rotatable bonds is 6. The molecule has 0 bridgehead atoms. The summed E-state index contributed by atoms with van der Waals surface area (Å²) in [6.45, 7) is 6.60. The van der Waals surface area contributed by atoms with Crippen molar-refractivity contribution in [3.8, 4) is 5.75 Å². The van der Waals surface area contributed by atoms with Crippen molar-refractivity contribution in [2.45, 2.75) is 38.8 Å². The predicted octanol–water partition coefficient (Wildman–Crippen LogP) is 3.57. The van der Waals surface area contributed by atoms with E-state index in [0.29, 0.717) is 17.7 Å². The van der Waals surface area contributed by atoms with Crippen LogP contribution in [0.1, 0.15) is 38.3 Å². The molecule has 3 nitrogen and oxygen atoms in total. The second kappa shape index (κ2) is 7.13. The molecule has 0 aromatic heterocycles. The van der Waals surface area contributed by atoms with Crippen molar-refractivity contribution in [2.24, 2.45) is 0 Å². The van der Waals surface area contributed by atoms with Crippen LogP contribution >= 0.6 is 11.6 Å². The van der Waals surface area contributed by atoms with Gasteiger partial charge in [0, 0.05) is 12.6 Å². The molecule has 1 aromatic carbocycles. The third kappa shape index (κ3) is 4.10. The van der Waals surface area contributed by atoms with E-state index in [1.165, 1.54) is 5.56 Å². The zero-order valence-corrected chi connectivity index (χ0v) is 12.4. The lowest BCUT2D eigenvalue weighted by Crippen LogP contribution is -2.18. The Balaban J connectivity index is 1.94. The molecule has 0 spiro atoms. The Morgan fingerprint density at radius 3 is 3.00 bits per heavy atom. The fourth-order valence-corrected chi connectivity index (χ4v) is 2.53. The summed E-state index contributed by atoms with van der Waals surface area (Å²) in [7, 11) is 0. The number of hydrogen-bond donors (Lipinski definition) is 1. The molecule has 0 amide bonds. The molecule has 1 saturated heterocycles. The van der Waals surface area contributed by atoms with Gasteiger partial charge in [-0.05, 0) is 44.0 Å². The van der Waals surface area contributed by atoms with E-state index >= 15 is 0 Å². The Bertz CT molecular complexity index is 405. The van der Waals surface area contributed by atoms with Crippen molar-refractivity contribution in [1.29, 1.82) is 0 Å². The topological polar surface area (TPSA) is 30.5 Å². The van der Waals surface area contributed by atoms with Gasteiger partial charge in [0.05, 0.1) is 11.1 Å². The van der Waals surface area contributed by atoms with Gasteiger partial charge in [0.2, 0.25) is 0 Å². The first-order valence-corrected chi connectivity index (χ1v) is 7.35. The third-order valence-electron chi connectivity index (χ3n) is 3.41. The first-order chi connectivity index (χ1) is 9.20. The summed E-state index contributed by atoms with van der Waals surface area (Å²) in [6.07, 6.45) is 2.42. The highest BCUT2D eigenvalue weighted by molar-refractivity contribution is 6.32. The van der Waals surface area contributed by atoms with Crippen LogP contribution in [0.25, 0.3) is 0 Å². The van der Waals surface area contributed by atoms with Gasteiger partial charge in [-0.15, -0.1) is 0 Å². The molecule has 1 aliphatic rings. The Morgan fingerprint density at radius 2 is 2.37 bits per heavy atom. The molecule has 1 N–H and O–H groups in total. The summed E-state index contributed by atoms with van der Waals surface area (Å²) >= 11 is 6.27. The van der Waals surface area contributed by atoms with Gasteiger partial charge in [-0.2, -0.15) is 0 Å². The predicted molar refractivity (Wildman–Crippen MR) is 78.0 cm³/mol. The second-order valence-electron chi connectivity index (χ2n) is 4.92. The molecule has 1 heterocycles. The molecular weight excluding hydrogens is 262 g/mol. The zero-order valence-electron chi connectivity index (χ0n) is 11.6. The molecule has 0 aliphatic carbocycles. The summed E-state index contributed by atoms with van der Waals surface area (Å²) in [4.78, 5) is 0.